The van der Waals surface area contributed by atoms with E-state index < -0.39 is 31.0 Å². The van der Waals surface area contributed by atoms with E-state index in [9.17, 15) is 23.1 Å². The van der Waals surface area contributed by atoms with Crippen LogP contribution in [0.3, 0.4) is 0 Å². The van der Waals surface area contributed by atoms with Crippen molar-refractivity contribution in [2.75, 3.05) is 6.61 Å². The molecule has 0 saturated heterocycles. The van der Waals surface area contributed by atoms with E-state index in [1.165, 1.54) is 0 Å². The number of amides is 1. The Bertz CT molecular complexity index is 612. The molecule has 0 aromatic heterocycles. The van der Waals surface area contributed by atoms with E-state index in [4.69, 9.17) is 4.74 Å². The second kappa shape index (κ2) is 6.63. The molecule has 24 heavy (non-hydrogen) atoms. The predicted octanol–water partition coefficient (Wildman–Crippen LogP) is 2.89. The number of carbonyl (C=O) groups is 1. The van der Waals surface area contributed by atoms with E-state index in [1.54, 1.807) is 0 Å². The topological polar surface area (TPSA) is 58.6 Å². The predicted molar refractivity (Wildman–Crippen MR) is 80.5 cm³/mol. The lowest BCUT2D eigenvalue weighted by molar-refractivity contribution is -0.144. The lowest BCUT2D eigenvalue weighted by Gasteiger charge is -2.38. The number of ether oxygens (including phenoxy) is 1. The Kier molecular flexibility index (Phi) is 4.71. The first-order valence-corrected chi connectivity index (χ1v) is 8.11. The van der Waals surface area contributed by atoms with Gasteiger partial charge in [0.05, 0.1) is 25.2 Å². The molecule has 1 aromatic carbocycles. The highest BCUT2D eigenvalue weighted by Gasteiger charge is 2.36. The van der Waals surface area contributed by atoms with Gasteiger partial charge in [-0.1, -0.05) is 6.07 Å². The van der Waals surface area contributed by atoms with Gasteiger partial charge in [0.15, 0.2) is 0 Å². The molecule has 3 rings (SSSR count). The Morgan fingerprint density at radius 3 is 2.79 bits per heavy atom. The largest absolute Gasteiger partial charge is 0.493 e. The third kappa shape index (κ3) is 4.01. The van der Waals surface area contributed by atoms with Crippen molar-refractivity contribution in [3.63, 3.8) is 0 Å². The summed E-state index contributed by atoms with van der Waals surface area (Å²) in [5.74, 6) is 0.236. The Balaban J connectivity index is 1.71. The van der Waals surface area contributed by atoms with Gasteiger partial charge in [-0.2, -0.15) is 13.2 Å². The number of benzene rings is 1. The third-order valence-corrected chi connectivity index (χ3v) is 4.65. The third-order valence-electron chi connectivity index (χ3n) is 4.65. The molecule has 1 aliphatic heterocycles. The monoisotopic (exact) mass is 343 g/mol. The van der Waals surface area contributed by atoms with Crippen LogP contribution >= 0.6 is 0 Å². The molecule has 0 spiro atoms. The molecule has 1 unspecified atom stereocenters. The van der Waals surface area contributed by atoms with Crippen molar-refractivity contribution >= 4 is 5.91 Å². The van der Waals surface area contributed by atoms with E-state index in [2.05, 4.69) is 5.32 Å². The summed E-state index contributed by atoms with van der Waals surface area (Å²) < 4.78 is 42.3. The summed E-state index contributed by atoms with van der Waals surface area (Å²) >= 11 is 0. The highest BCUT2D eigenvalue weighted by molar-refractivity contribution is 5.76. The van der Waals surface area contributed by atoms with Crippen LogP contribution in [0.25, 0.3) is 0 Å². The number of rotatable bonds is 5. The van der Waals surface area contributed by atoms with E-state index in [0.717, 1.165) is 23.3 Å². The zero-order chi connectivity index (χ0) is 17.3. The van der Waals surface area contributed by atoms with Crippen molar-refractivity contribution in [1.82, 2.24) is 5.32 Å². The molecule has 1 aliphatic carbocycles. The van der Waals surface area contributed by atoms with Crippen LogP contribution in [-0.2, 0) is 11.2 Å². The number of nitrogens with one attached hydrogen (secondary N) is 1. The summed E-state index contributed by atoms with van der Waals surface area (Å²) in [6, 6.07) is 5.24. The smallest absolute Gasteiger partial charge is 0.389 e. The summed E-state index contributed by atoms with van der Waals surface area (Å²) in [6.07, 6.45) is -4.59. The van der Waals surface area contributed by atoms with Gasteiger partial charge in [0.25, 0.3) is 0 Å². The Morgan fingerprint density at radius 2 is 2.12 bits per heavy atom. The number of aliphatic hydroxyl groups excluding tert-OH is 1. The van der Waals surface area contributed by atoms with Crippen molar-refractivity contribution in [2.45, 2.75) is 50.4 Å². The molecular formula is C17H20F3NO3. The molecule has 1 fully saturated rings. The first-order valence-electron chi connectivity index (χ1n) is 8.11. The van der Waals surface area contributed by atoms with Crippen molar-refractivity contribution in [3.8, 4) is 5.75 Å². The van der Waals surface area contributed by atoms with Gasteiger partial charge >= 0.3 is 6.18 Å². The van der Waals surface area contributed by atoms with Crippen LogP contribution in [-0.4, -0.2) is 29.9 Å². The molecule has 1 aromatic rings. The number of aliphatic hydroxyl groups is 1. The van der Waals surface area contributed by atoms with Crippen LogP contribution in [0.15, 0.2) is 18.2 Å². The van der Waals surface area contributed by atoms with Gasteiger partial charge in [-0.15, -0.1) is 0 Å². The first-order chi connectivity index (χ1) is 11.3. The fourth-order valence-electron chi connectivity index (χ4n) is 3.28. The fraction of sp³-hybridized carbons (Fsp3) is 0.588. The zero-order valence-electron chi connectivity index (χ0n) is 13.1. The number of hydrogen-bond donors (Lipinski definition) is 2. The maximum atomic E-state index is 12.3. The Hall–Kier alpha value is -1.76. The van der Waals surface area contributed by atoms with Crippen LogP contribution in [0.1, 0.15) is 42.9 Å². The molecule has 0 radical (unpaired) electrons. The molecule has 4 nitrogen and oxygen atoms in total. The summed E-state index contributed by atoms with van der Waals surface area (Å²) in [5, 5.41) is 12.3. The lowest BCUT2D eigenvalue weighted by Crippen LogP contribution is -2.41. The van der Waals surface area contributed by atoms with E-state index in [-0.39, 0.29) is 12.0 Å². The van der Waals surface area contributed by atoms with Gasteiger partial charge < -0.3 is 15.2 Å². The molecule has 1 heterocycles. The number of carbonyl (C=O) groups excluding carboxylic acids is 1. The summed E-state index contributed by atoms with van der Waals surface area (Å²) in [6.45, 7) is 0.615. The fourth-order valence-corrected chi connectivity index (χ4v) is 3.28. The van der Waals surface area contributed by atoms with E-state index in [1.807, 2.05) is 18.2 Å². The Morgan fingerprint density at radius 1 is 1.38 bits per heavy atom. The SMILES string of the molecule is O=C(CCC(F)(F)F)NC(c1ccc2c(c1)CCO2)C1CC(O)C1. The minimum atomic E-state index is -4.34. The lowest BCUT2D eigenvalue weighted by atomic mass is 9.74. The van der Waals surface area contributed by atoms with Gasteiger partial charge in [0.1, 0.15) is 5.75 Å². The summed E-state index contributed by atoms with van der Waals surface area (Å²) in [7, 11) is 0. The van der Waals surface area contributed by atoms with Crippen molar-refractivity contribution in [3.05, 3.63) is 29.3 Å². The summed E-state index contributed by atoms with van der Waals surface area (Å²) in [4.78, 5) is 11.9. The molecule has 7 heteroatoms. The summed E-state index contributed by atoms with van der Waals surface area (Å²) in [5.41, 5.74) is 1.90. The van der Waals surface area contributed by atoms with Gasteiger partial charge in [-0.3, -0.25) is 4.79 Å². The van der Waals surface area contributed by atoms with Crippen LogP contribution in [0.2, 0.25) is 0 Å². The molecule has 1 atom stereocenters. The molecular weight excluding hydrogens is 323 g/mol. The normalized spacial score (nSPS) is 23.8. The Labute approximate surface area is 138 Å². The van der Waals surface area contributed by atoms with E-state index >= 15 is 0 Å². The highest BCUT2D eigenvalue weighted by atomic mass is 19.4. The highest BCUT2D eigenvalue weighted by Crippen LogP contribution is 2.40. The average molecular weight is 343 g/mol. The molecule has 2 N–H and O–H groups in total. The minimum Gasteiger partial charge on any atom is -0.493 e. The van der Waals surface area contributed by atoms with Crippen LogP contribution in [0.4, 0.5) is 13.2 Å². The maximum absolute atomic E-state index is 12.3. The number of halogens is 3. The standard InChI is InChI=1S/C17H20F3NO3/c18-17(19,20)5-3-15(23)21-16(12-8-13(22)9-12)11-1-2-14-10(7-11)4-6-24-14/h1-2,7,12-13,16,22H,3-6,8-9H2,(H,21,23). The van der Waals surface area contributed by atoms with Crippen molar-refractivity contribution < 1.29 is 27.8 Å². The van der Waals surface area contributed by atoms with Gasteiger partial charge in [-0.05, 0) is 42.0 Å². The molecule has 132 valence electrons. The minimum absolute atomic E-state index is 0.0372. The quantitative estimate of drug-likeness (QED) is 0.864. The van der Waals surface area contributed by atoms with Crippen LogP contribution in [0, 0.1) is 5.92 Å². The molecule has 2 aliphatic rings. The zero-order valence-corrected chi connectivity index (χ0v) is 13.1. The van der Waals surface area contributed by atoms with Crippen LogP contribution < -0.4 is 10.1 Å². The second-order valence-corrected chi connectivity index (χ2v) is 6.51. The molecule has 0 bridgehead atoms. The van der Waals surface area contributed by atoms with Crippen molar-refractivity contribution in [2.24, 2.45) is 5.92 Å². The van der Waals surface area contributed by atoms with Gasteiger partial charge in [-0.25, -0.2) is 0 Å². The first kappa shape index (κ1) is 17.1. The van der Waals surface area contributed by atoms with Crippen LogP contribution in [0.5, 0.6) is 5.75 Å². The average Bonchev–Trinajstić information content (AvgIpc) is 2.94. The molecule has 1 saturated carbocycles. The number of fused-ring (bicyclic) bond motifs is 1. The van der Waals surface area contributed by atoms with E-state index in [0.29, 0.717) is 19.4 Å². The van der Waals surface area contributed by atoms with Gasteiger partial charge in [0, 0.05) is 12.8 Å². The number of alkyl halides is 3. The second-order valence-electron chi connectivity index (χ2n) is 6.51. The van der Waals surface area contributed by atoms with Gasteiger partial charge in [0.2, 0.25) is 5.91 Å². The molecule has 1 amide bonds. The van der Waals surface area contributed by atoms with Crippen molar-refractivity contribution in [1.29, 1.82) is 0 Å². The number of hydrogen-bond acceptors (Lipinski definition) is 3. The maximum Gasteiger partial charge on any atom is 0.389 e.